The minimum absolute atomic E-state index is 0.154. The van der Waals surface area contributed by atoms with E-state index in [1.165, 1.54) is 4.57 Å². The summed E-state index contributed by atoms with van der Waals surface area (Å²) in [4.78, 5) is 17.9. The van der Waals surface area contributed by atoms with Gasteiger partial charge in [0.05, 0.1) is 12.7 Å². The lowest BCUT2D eigenvalue weighted by Crippen LogP contribution is -2.28. The summed E-state index contributed by atoms with van der Waals surface area (Å²) in [6, 6.07) is 0. The lowest BCUT2D eigenvalue weighted by molar-refractivity contribution is -0.0458. The lowest BCUT2D eigenvalue weighted by atomic mass is 10.1. The molecule has 2 heterocycles. The van der Waals surface area contributed by atoms with Crippen LogP contribution in [0.3, 0.4) is 0 Å². The highest BCUT2D eigenvalue weighted by molar-refractivity contribution is 5.61. The normalized spacial score (nSPS) is 25.3. The highest BCUT2D eigenvalue weighted by Crippen LogP contribution is 2.28. The molecular formula is C15H24N4O4. The van der Waals surface area contributed by atoms with Crippen LogP contribution in [-0.2, 0) is 4.74 Å². The number of nitrogens with zero attached hydrogens (tertiary/aromatic N) is 3. The van der Waals surface area contributed by atoms with Gasteiger partial charge in [-0.05, 0) is 27.1 Å². The second-order valence-corrected chi connectivity index (χ2v) is 6.11. The standard InChI is InChI=1S/C15H24N4O4/c1-9(6-18(2)3)4-10-7-19(15(22)17-14(10)16)13-5-11(21)12(8-20)23-13/h4,7,11-13,20-21H,5-6,8H2,1-3H3,(H2,16,17,22)/t11?,12-,13-/m1/s1. The summed E-state index contributed by atoms with van der Waals surface area (Å²) in [6.07, 6.45) is 1.50. The van der Waals surface area contributed by atoms with E-state index in [1.807, 2.05) is 32.0 Å². The Bertz CT molecular complexity index is 641. The largest absolute Gasteiger partial charge is 0.394 e. The average Bonchev–Trinajstić information content (AvgIpc) is 2.81. The molecule has 3 atom stereocenters. The van der Waals surface area contributed by atoms with E-state index in [4.69, 9.17) is 15.6 Å². The van der Waals surface area contributed by atoms with Crippen molar-refractivity contribution in [1.29, 1.82) is 0 Å². The molecule has 0 amide bonds. The molecule has 0 aromatic carbocycles. The number of hydrogen-bond donors (Lipinski definition) is 3. The fourth-order valence-corrected chi connectivity index (χ4v) is 2.67. The third kappa shape index (κ3) is 4.17. The highest BCUT2D eigenvalue weighted by Gasteiger charge is 2.35. The van der Waals surface area contributed by atoms with Crippen molar-refractivity contribution in [1.82, 2.24) is 14.5 Å². The van der Waals surface area contributed by atoms with Crippen LogP contribution >= 0.6 is 0 Å². The molecule has 1 aliphatic heterocycles. The van der Waals surface area contributed by atoms with Gasteiger partial charge in [0.15, 0.2) is 0 Å². The fourth-order valence-electron chi connectivity index (χ4n) is 2.67. The SMILES string of the molecule is CC(=Cc1cn([C@H]2CC(O)[C@@H](CO)O2)c(=O)nc1N)CN(C)C. The van der Waals surface area contributed by atoms with Crippen LogP contribution in [0.25, 0.3) is 6.08 Å². The van der Waals surface area contributed by atoms with Crippen LogP contribution in [0.5, 0.6) is 0 Å². The van der Waals surface area contributed by atoms with Gasteiger partial charge in [-0.1, -0.05) is 5.57 Å². The first kappa shape index (κ1) is 17.6. The van der Waals surface area contributed by atoms with E-state index in [0.29, 0.717) is 5.56 Å². The molecule has 1 aliphatic rings. The zero-order valence-corrected chi connectivity index (χ0v) is 13.6. The van der Waals surface area contributed by atoms with E-state index in [9.17, 15) is 9.90 Å². The first-order valence-corrected chi connectivity index (χ1v) is 7.46. The van der Waals surface area contributed by atoms with Crippen molar-refractivity contribution < 1.29 is 14.9 Å². The summed E-state index contributed by atoms with van der Waals surface area (Å²) in [5.74, 6) is 0.154. The second-order valence-electron chi connectivity index (χ2n) is 6.11. The van der Waals surface area contributed by atoms with Gasteiger partial charge in [0, 0.05) is 24.7 Å². The zero-order valence-electron chi connectivity index (χ0n) is 13.6. The molecule has 1 saturated heterocycles. The molecule has 1 aromatic rings. The first-order chi connectivity index (χ1) is 10.8. The van der Waals surface area contributed by atoms with Crippen molar-refractivity contribution in [2.45, 2.75) is 31.8 Å². The van der Waals surface area contributed by atoms with Crippen LogP contribution in [-0.4, -0.2) is 64.1 Å². The highest BCUT2D eigenvalue weighted by atomic mass is 16.5. The second kappa shape index (κ2) is 7.22. The van der Waals surface area contributed by atoms with Gasteiger partial charge in [0.25, 0.3) is 0 Å². The van der Waals surface area contributed by atoms with Gasteiger partial charge in [-0.15, -0.1) is 0 Å². The summed E-state index contributed by atoms with van der Waals surface area (Å²) >= 11 is 0. The Hall–Kier alpha value is -1.74. The lowest BCUT2D eigenvalue weighted by Gasteiger charge is -2.16. The predicted octanol–water partition coefficient (Wildman–Crippen LogP) is -0.569. The van der Waals surface area contributed by atoms with Crippen molar-refractivity contribution in [2.24, 2.45) is 0 Å². The van der Waals surface area contributed by atoms with Gasteiger partial charge < -0.3 is 25.6 Å². The molecule has 0 aliphatic carbocycles. The molecule has 1 unspecified atom stereocenters. The van der Waals surface area contributed by atoms with Crippen LogP contribution in [0, 0.1) is 0 Å². The Morgan fingerprint density at radius 2 is 2.30 bits per heavy atom. The monoisotopic (exact) mass is 324 g/mol. The van der Waals surface area contributed by atoms with E-state index in [1.54, 1.807) is 6.20 Å². The number of anilines is 1. The predicted molar refractivity (Wildman–Crippen MR) is 86.7 cm³/mol. The van der Waals surface area contributed by atoms with Gasteiger partial charge in [-0.2, -0.15) is 4.98 Å². The molecular weight excluding hydrogens is 300 g/mol. The molecule has 1 fully saturated rings. The van der Waals surface area contributed by atoms with Crippen LogP contribution < -0.4 is 11.4 Å². The van der Waals surface area contributed by atoms with E-state index >= 15 is 0 Å². The van der Waals surface area contributed by atoms with Crippen LogP contribution in [0.1, 0.15) is 25.1 Å². The third-order valence-electron chi connectivity index (χ3n) is 3.67. The Kier molecular flexibility index (Phi) is 5.53. The van der Waals surface area contributed by atoms with E-state index in [-0.39, 0.29) is 18.8 Å². The minimum Gasteiger partial charge on any atom is -0.394 e. The third-order valence-corrected chi connectivity index (χ3v) is 3.67. The van der Waals surface area contributed by atoms with Crippen molar-refractivity contribution in [2.75, 3.05) is 33.0 Å². The van der Waals surface area contributed by atoms with Crippen LogP contribution in [0.4, 0.5) is 5.82 Å². The number of hydrogen-bond acceptors (Lipinski definition) is 7. The minimum atomic E-state index is -0.816. The maximum absolute atomic E-state index is 12.1. The number of aliphatic hydroxyl groups excluding tert-OH is 2. The summed E-state index contributed by atoms with van der Waals surface area (Å²) in [6.45, 7) is 2.42. The number of likely N-dealkylation sites (N-methyl/N-ethyl adjacent to an activating group) is 1. The molecule has 1 aromatic heterocycles. The summed E-state index contributed by atoms with van der Waals surface area (Å²) in [7, 11) is 3.92. The zero-order chi connectivity index (χ0) is 17.1. The van der Waals surface area contributed by atoms with Gasteiger partial charge in [-0.3, -0.25) is 4.57 Å². The number of ether oxygens (including phenoxy) is 1. The molecule has 0 radical (unpaired) electrons. The Morgan fingerprint density at radius 1 is 1.61 bits per heavy atom. The summed E-state index contributed by atoms with van der Waals surface area (Å²) in [5, 5.41) is 19.0. The van der Waals surface area contributed by atoms with Gasteiger partial charge in [0.1, 0.15) is 18.1 Å². The molecule has 8 nitrogen and oxygen atoms in total. The smallest absolute Gasteiger partial charge is 0.351 e. The maximum atomic E-state index is 12.1. The molecule has 8 heteroatoms. The van der Waals surface area contributed by atoms with Gasteiger partial charge in [-0.25, -0.2) is 4.79 Å². The Morgan fingerprint density at radius 3 is 2.87 bits per heavy atom. The van der Waals surface area contributed by atoms with E-state index < -0.39 is 24.1 Å². The molecule has 0 saturated carbocycles. The molecule has 4 N–H and O–H groups in total. The van der Waals surface area contributed by atoms with Gasteiger partial charge >= 0.3 is 5.69 Å². The van der Waals surface area contributed by atoms with Crippen LogP contribution in [0.2, 0.25) is 0 Å². The summed E-state index contributed by atoms with van der Waals surface area (Å²) in [5.41, 5.74) is 6.98. The van der Waals surface area contributed by atoms with E-state index in [2.05, 4.69) is 4.98 Å². The average molecular weight is 324 g/mol. The van der Waals surface area contributed by atoms with Gasteiger partial charge in [0.2, 0.25) is 0 Å². The number of aromatic nitrogens is 2. The maximum Gasteiger partial charge on any atom is 0.351 e. The fraction of sp³-hybridized carbons (Fsp3) is 0.600. The number of aliphatic hydroxyl groups is 2. The number of nitrogen functional groups attached to an aromatic ring is 1. The van der Waals surface area contributed by atoms with Crippen LogP contribution in [0.15, 0.2) is 16.6 Å². The Labute approximate surface area is 134 Å². The molecule has 23 heavy (non-hydrogen) atoms. The van der Waals surface area contributed by atoms with Crippen molar-refractivity contribution >= 4 is 11.9 Å². The molecule has 0 spiro atoms. The van der Waals surface area contributed by atoms with E-state index in [0.717, 1.165) is 12.1 Å². The van der Waals surface area contributed by atoms with Crippen molar-refractivity contribution in [3.8, 4) is 0 Å². The van der Waals surface area contributed by atoms with Crippen molar-refractivity contribution in [3.05, 3.63) is 27.8 Å². The molecule has 128 valence electrons. The molecule has 2 rings (SSSR count). The quantitative estimate of drug-likeness (QED) is 0.664. The van der Waals surface area contributed by atoms with Crippen molar-refractivity contribution in [3.63, 3.8) is 0 Å². The molecule has 0 bridgehead atoms. The topological polar surface area (TPSA) is 114 Å². The number of rotatable bonds is 5. The summed E-state index contributed by atoms with van der Waals surface area (Å²) < 4.78 is 6.82. The first-order valence-electron chi connectivity index (χ1n) is 7.46. The Balaban J connectivity index is 2.32. The number of nitrogens with two attached hydrogens (primary N) is 1.